The molecule has 2 aliphatic rings. The maximum absolute atomic E-state index is 5.80. The topological polar surface area (TPSA) is 43.2 Å². The Kier molecular flexibility index (Phi) is 4.14. The SMILES string of the molecule is Cc1cccc(CN2CCc3nnc([C@H]4CCCO4)n3CC2)c1. The first kappa shape index (κ1) is 14.8. The summed E-state index contributed by atoms with van der Waals surface area (Å²) in [5.41, 5.74) is 2.72. The van der Waals surface area contributed by atoms with Crippen molar-refractivity contribution in [1.29, 1.82) is 0 Å². The highest BCUT2D eigenvalue weighted by Gasteiger charge is 2.26. The molecule has 0 N–H and O–H groups in total. The van der Waals surface area contributed by atoms with E-state index < -0.39 is 0 Å². The molecule has 2 aromatic rings. The smallest absolute Gasteiger partial charge is 0.162 e. The van der Waals surface area contributed by atoms with Crippen molar-refractivity contribution in [3.8, 4) is 0 Å². The van der Waals surface area contributed by atoms with E-state index in [0.29, 0.717) is 0 Å². The molecule has 2 aliphatic heterocycles. The fourth-order valence-electron chi connectivity index (χ4n) is 3.64. The molecule has 0 aliphatic carbocycles. The monoisotopic (exact) mass is 312 g/mol. The Morgan fingerprint density at radius 1 is 1.22 bits per heavy atom. The maximum Gasteiger partial charge on any atom is 0.162 e. The van der Waals surface area contributed by atoms with Gasteiger partial charge in [-0.2, -0.15) is 0 Å². The normalized spacial score (nSPS) is 22.0. The zero-order valence-corrected chi connectivity index (χ0v) is 13.7. The predicted molar refractivity (Wildman–Crippen MR) is 88.1 cm³/mol. The molecular formula is C18H24N4O. The predicted octanol–water partition coefficient (Wildman–Crippen LogP) is 2.50. The maximum atomic E-state index is 5.80. The minimum Gasteiger partial charge on any atom is -0.370 e. The third kappa shape index (κ3) is 3.16. The highest BCUT2D eigenvalue weighted by molar-refractivity contribution is 5.22. The van der Waals surface area contributed by atoms with E-state index in [1.807, 2.05) is 0 Å². The van der Waals surface area contributed by atoms with Gasteiger partial charge >= 0.3 is 0 Å². The lowest BCUT2D eigenvalue weighted by molar-refractivity contribution is 0.101. The van der Waals surface area contributed by atoms with E-state index in [0.717, 1.165) is 63.7 Å². The molecule has 4 rings (SSSR count). The van der Waals surface area contributed by atoms with Crippen LogP contribution in [0.1, 0.15) is 41.7 Å². The van der Waals surface area contributed by atoms with Gasteiger partial charge in [0.1, 0.15) is 11.9 Å². The fourth-order valence-corrected chi connectivity index (χ4v) is 3.64. The minimum atomic E-state index is 0.152. The highest BCUT2D eigenvalue weighted by atomic mass is 16.5. The van der Waals surface area contributed by atoms with Crippen molar-refractivity contribution in [2.75, 3.05) is 19.7 Å². The number of hydrogen-bond donors (Lipinski definition) is 0. The first-order valence-electron chi connectivity index (χ1n) is 8.61. The first-order valence-corrected chi connectivity index (χ1v) is 8.61. The Morgan fingerprint density at radius 2 is 2.17 bits per heavy atom. The number of fused-ring (bicyclic) bond motifs is 1. The van der Waals surface area contributed by atoms with Gasteiger partial charge in [-0.1, -0.05) is 29.8 Å². The Bertz CT molecular complexity index is 675. The van der Waals surface area contributed by atoms with Crippen molar-refractivity contribution in [3.05, 3.63) is 47.0 Å². The summed E-state index contributed by atoms with van der Waals surface area (Å²) in [6, 6.07) is 8.80. The van der Waals surface area contributed by atoms with E-state index in [-0.39, 0.29) is 6.10 Å². The lowest BCUT2D eigenvalue weighted by atomic mass is 10.1. The molecule has 0 unspecified atom stereocenters. The van der Waals surface area contributed by atoms with E-state index >= 15 is 0 Å². The van der Waals surface area contributed by atoms with Gasteiger partial charge in [-0.15, -0.1) is 10.2 Å². The van der Waals surface area contributed by atoms with Crippen LogP contribution < -0.4 is 0 Å². The van der Waals surface area contributed by atoms with E-state index in [9.17, 15) is 0 Å². The summed E-state index contributed by atoms with van der Waals surface area (Å²) >= 11 is 0. The number of rotatable bonds is 3. The molecular weight excluding hydrogens is 288 g/mol. The first-order chi connectivity index (χ1) is 11.3. The number of ether oxygens (including phenoxy) is 1. The van der Waals surface area contributed by atoms with E-state index in [1.165, 1.54) is 11.1 Å². The zero-order chi connectivity index (χ0) is 15.6. The van der Waals surface area contributed by atoms with Gasteiger partial charge < -0.3 is 9.30 Å². The summed E-state index contributed by atoms with van der Waals surface area (Å²) < 4.78 is 8.10. The van der Waals surface area contributed by atoms with Crippen LogP contribution in [-0.4, -0.2) is 39.4 Å². The lowest BCUT2D eigenvalue weighted by Crippen LogP contribution is -2.27. The second kappa shape index (κ2) is 6.42. The summed E-state index contributed by atoms with van der Waals surface area (Å²) in [6.07, 6.45) is 3.32. The molecule has 122 valence electrons. The molecule has 3 heterocycles. The summed E-state index contributed by atoms with van der Waals surface area (Å²) in [5.74, 6) is 2.15. The van der Waals surface area contributed by atoms with Gasteiger partial charge in [0.2, 0.25) is 0 Å². The third-order valence-corrected chi connectivity index (χ3v) is 4.85. The van der Waals surface area contributed by atoms with Crippen molar-refractivity contribution >= 4 is 0 Å². The molecule has 0 bridgehead atoms. The molecule has 0 amide bonds. The quantitative estimate of drug-likeness (QED) is 0.873. The molecule has 1 fully saturated rings. The van der Waals surface area contributed by atoms with Crippen molar-refractivity contribution in [3.63, 3.8) is 0 Å². The van der Waals surface area contributed by atoms with Crippen molar-refractivity contribution in [1.82, 2.24) is 19.7 Å². The molecule has 5 heteroatoms. The molecule has 1 saturated heterocycles. The number of hydrogen-bond acceptors (Lipinski definition) is 4. The van der Waals surface area contributed by atoms with E-state index in [4.69, 9.17) is 4.74 Å². The number of aryl methyl sites for hydroxylation is 1. The van der Waals surface area contributed by atoms with Gasteiger partial charge in [-0.3, -0.25) is 4.90 Å². The molecule has 0 saturated carbocycles. The van der Waals surface area contributed by atoms with E-state index in [1.54, 1.807) is 0 Å². The van der Waals surface area contributed by atoms with Gasteiger partial charge in [0.25, 0.3) is 0 Å². The van der Waals surface area contributed by atoms with Crippen LogP contribution in [0.3, 0.4) is 0 Å². The average molecular weight is 312 g/mol. The van der Waals surface area contributed by atoms with Crippen LogP contribution in [0.25, 0.3) is 0 Å². The number of aromatic nitrogens is 3. The molecule has 0 spiro atoms. The Balaban J connectivity index is 1.46. The van der Waals surface area contributed by atoms with Crippen LogP contribution in [0.15, 0.2) is 24.3 Å². The van der Waals surface area contributed by atoms with Gasteiger partial charge in [-0.25, -0.2) is 0 Å². The fraction of sp³-hybridized carbons (Fsp3) is 0.556. The van der Waals surface area contributed by atoms with Crippen molar-refractivity contribution < 1.29 is 4.74 Å². The molecule has 23 heavy (non-hydrogen) atoms. The van der Waals surface area contributed by atoms with Crippen LogP contribution >= 0.6 is 0 Å². The highest BCUT2D eigenvalue weighted by Crippen LogP contribution is 2.28. The average Bonchev–Trinajstić information content (AvgIpc) is 3.16. The van der Waals surface area contributed by atoms with Crippen molar-refractivity contribution in [2.24, 2.45) is 0 Å². The molecule has 1 aromatic carbocycles. The summed E-state index contributed by atoms with van der Waals surface area (Å²) in [4.78, 5) is 2.52. The van der Waals surface area contributed by atoms with Crippen LogP contribution in [0.5, 0.6) is 0 Å². The third-order valence-electron chi connectivity index (χ3n) is 4.85. The minimum absolute atomic E-state index is 0.152. The van der Waals surface area contributed by atoms with Crippen LogP contribution in [-0.2, 0) is 24.2 Å². The van der Waals surface area contributed by atoms with Crippen LogP contribution in [0.2, 0.25) is 0 Å². The van der Waals surface area contributed by atoms with Crippen LogP contribution in [0.4, 0.5) is 0 Å². The second-order valence-corrected chi connectivity index (χ2v) is 6.64. The van der Waals surface area contributed by atoms with Crippen molar-refractivity contribution in [2.45, 2.75) is 45.4 Å². The van der Waals surface area contributed by atoms with Gasteiger partial charge in [0.05, 0.1) is 0 Å². The second-order valence-electron chi connectivity index (χ2n) is 6.64. The Hall–Kier alpha value is -1.72. The molecule has 1 aromatic heterocycles. The molecule has 5 nitrogen and oxygen atoms in total. The largest absolute Gasteiger partial charge is 0.370 e. The zero-order valence-electron chi connectivity index (χ0n) is 13.7. The van der Waals surface area contributed by atoms with Gasteiger partial charge in [-0.05, 0) is 25.3 Å². The van der Waals surface area contributed by atoms with Crippen LogP contribution in [0, 0.1) is 6.92 Å². The summed E-state index contributed by atoms with van der Waals surface area (Å²) in [5, 5.41) is 8.83. The molecule has 0 radical (unpaired) electrons. The number of nitrogens with zero attached hydrogens (tertiary/aromatic N) is 4. The molecule has 1 atom stereocenters. The van der Waals surface area contributed by atoms with Gasteiger partial charge in [0, 0.05) is 39.2 Å². The standard InChI is InChI=1S/C18H24N4O/c1-14-4-2-5-15(12-14)13-21-8-7-17-19-20-18(22(17)10-9-21)16-6-3-11-23-16/h2,4-5,12,16H,3,6-11,13H2,1H3/t16-/m1/s1. The lowest BCUT2D eigenvalue weighted by Gasteiger charge is -2.20. The Labute approximate surface area is 137 Å². The summed E-state index contributed by atoms with van der Waals surface area (Å²) in [6.45, 7) is 7.06. The van der Waals surface area contributed by atoms with Gasteiger partial charge in [0.15, 0.2) is 5.82 Å². The summed E-state index contributed by atoms with van der Waals surface area (Å²) in [7, 11) is 0. The van der Waals surface area contributed by atoms with E-state index in [2.05, 4.69) is 50.9 Å². The number of benzene rings is 1. The Morgan fingerprint density at radius 3 is 3.00 bits per heavy atom.